The summed E-state index contributed by atoms with van der Waals surface area (Å²) in [7, 11) is 0. The van der Waals surface area contributed by atoms with Crippen LogP contribution in [0.4, 0.5) is 5.69 Å². The Morgan fingerprint density at radius 2 is 1.59 bits per heavy atom. The number of hydrogen-bond acceptors (Lipinski definition) is 4. The number of nitrogens with one attached hydrogen (secondary N) is 1. The van der Waals surface area contributed by atoms with Crippen LogP contribution in [0.3, 0.4) is 0 Å². The molecular formula is C22H17BrN4OS. The fraction of sp³-hybridized carbons (Fsp3) is 0.0455. The Balaban J connectivity index is 1.54. The van der Waals surface area contributed by atoms with Gasteiger partial charge in [0.05, 0.1) is 17.1 Å². The summed E-state index contributed by atoms with van der Waals surface area (Å²) in [6.45, 7) is 0. The van der Waals surface area contributed by atoms with Gasteiger partial charge in [-0.1, -0.05) is 72.4 Å². The number of halogens is 1. The van der Waals surface area contributed by atoms with Crippen molar-refractivity contribution in [2.24, 2.45) is 0 Å². The average molecular weight is 465 g/mol. The third-order valence-electron chi connectivity index (χ3n) is 4.10. The maximum absolute atomic E-state index is 12.4. The van der Waals surface area contributed by atoms with Crippen molar-refractivity contribution in [1.29, 1.82) is 0 Å². The smallest absolute Gasteiger partial charge is 0.234 e. The molecule has 29 heavy (non-hydrogen) atoms. The van der Waals surface area contributed by atoms with Gasteiger partial charge in [0.15, 0.2) is 5.82 Å². The normalized spacial score (nSPS) is 10.7. The highest BCUT2D eigenvalue weighted by Gasteiger charge is 2.15. The van der Waals surface area contributed by atoms with Crippen molar-refractivity contribution in [3.8, 4) is 17.1 Å². The number of carbonyl (C=O) groups excluding carboxylic acids is 1. The number of rotatable bonds is 6. The van der Waals surface area contributed by atoms with Crippen molar-refractivity contribution in [1.82, 2.24) is 14.8 Å². The lowest BCUT2D eigenvalue weighted by atomic mass is 10.2. The van der Waals surface area contributed by atoms with Gasteiger partial charge >= 0.3 is 0 Å². The molecule has 0 aliphatic heterocycles. The summed E-state index contributed by atoms with van der Waals surface area (Å²) in [5, 5.41) is 8.08. The molecule has 144 valence electrons. The largest absolute Gasteiger partial charge is 0.324 e. The van der Waals surface area contributed by atoms with Gasteiger partial charge in [-0.25, -0.2) is 9.67 Å². The van der Waals surface area contributed by atoms with Crippen LogP contribution in [0.5, 0.6) is 0 Å². The molecule has 0 radical (unpaired) electrons. The number of benzene rings is 3. The van der Waals surface area contributed by atoms with Gasteiger partial charge in [0.1, 0.15) is 0 Å². The first-order valence-electron chi connectivity index (χ1n) is 8.96. The van der Waals surface area contributed by atoms with E-state index in [4.69, 9.17) is 0 Å². The van der Waals surface area contributed by atoms with E-state index in [1.165, 1.54) is 11.8 Å². The van der Waals surface area contributed by atoms with Gasteiger partial charge in [0, 0.05) is 10.0 Å². The van der Waals surface area contributed by atoms with Crippen LogP contribution < -0.4 is 5.32 Å². The molecule has 0 fully saturated rings. The molecule has 0 aliphatic carbocycles. The molecule has 0 unspecified atom stereocenters. The van der Waals surface area contributed by atoms with Gasteiger partial charge in [-0.2, -0.15) is 0 Å². The summed E-state index contributed by atoms with van der Waals surface area (Å²) in [4.78, 5) is 17.0. The van der Waals surface area contributed by atoms with E-state index < -0.39 is 0 Å². The van der Waals surface area contributed by atoms with Crippen molar-refractivity contribution >= 4 is 39.3 Å². The second-order valence-electron chi connectivity index (χ2n) is 6.15. The number of amides is 1. The van der Waals surface area contributed by atoms with E-state index in [1.54, 1.807) is 0 Å². The fourth-order valence-electron chi connectivity index (χ4n) is 2.76. The summed E-state index contributed by atoms with van der Waals surface area (Å²) in [6.07, 6.45) is 0. The highest BCUT2D eigenvalue weighted by molar-refractivity contribution is 9.10. The van der Waals surface area contributed by atoms with Gasteiger partial charge in [0.25, 0.3) is 0 Å². The van der Waals surface area contributed by atoms with E-state index in [0.29, 0.717) is 5.16 Å². The van der Waals surface area contributed by atoms with Gasteiger partial charge in [-0.3, -0.25) is 4.79 Å². The standard InChI is InChI=1S/C22H17BrN4OS/c23-18-13-7-8-14-19(18)24-20(28)15-29-22-25-21(16-9-3-1-4-10-16)27(26-22)17-11-5-2-6-12-17/h1-14H,15H2,(H,24,28). The second kappa shape index (κ2) is 9.07. The van der Waals surface area contributed by atoms with Gasteiger partial charge in [-0.05, 0) is 40.2 Å². The third kappa shape index (κ3) is 4.75. The topological polar surface area (TPSA) is 59.8 Å². The summed E-state index contributed by atoms with van der Waals surface area (Å²) >= 11 is 4.74. The number of carbonyl (C=O) groups is 1. The zero-order chi connectivity index (χ0) is 20.1. The fourth-order valence-corrected chi connectivity index (χ4v) is 3.76. The van der Waals surface area contributed by atoms with Crippen LogP contribution in [0, 0.1) is 0 Å². The van der Waals surface area contributed by atoms with Crippen LogP contribution in [-0.4, -0.2) is 26.4 Å². The molecule has 0 atom stereocenters. The van der Waals surface area contributed by atoms with Crippen LogP contribution in [0.2, 0.25) is 0 Å². The summed E-state index contributed by atoms with van der Waals surface area (Å²) in [6, 6.07) is 27.3. The molecule has 0 saturated heterocycles. The van der Waals surface area contributed by atoms with Gasteiger partial charge in [-0.15, -0.1) is 5.10 Å². The van der Waals surface area contributed by atoms with Crippen molar-refractivity contribution in [3.63, 3.8) is 0 Å². The first-order valence-corrected chi connectivity index (χ1v) is 10.7. The predicted octanol–water partition coefficient (Wildman–Crippen LogP) is 5.43. The number of aromatic nitrogens is 3. The molecule has 1 heterocycles. The molecule has 0 saturated carbocycles. The maximum atomic E-state index is 12.4. The van der Waals surface area contributed by atoms with Crippen molar-refractivity contribution in [3.05, 3.63) is 89.4 Å². The maximum Gasteiger partial charge on any atom is 0.234 e. The number of thioether (sulfide) groups is 1. The zero-order valence-corrected chi connectivity index (χ0v) is 17.7. The molecule has 4 aromatic rings. The lowest BCUT2D eigenvalue weighted by molar-refractivity contribution is -0.113. The van der Waals surface area contributed by atoms with Crippen molar-refractivity contribution in [2.75, 3.05) is 11.1 Å². The Morgan fingerprint density at radius 1 is 0.931 bits per heavy atom. The predicted molar refractivity (Wildman–Crippen MR) is 120 cm³/mol. The lowest BCUT2D eigenvalue weighted by Crippen LogP contribution is -2.14. The Bertz CT molecular complexity index is 1060. The number of anilines is 1. The van der Waals surface area contributed by atoms with E-state index in [0.717, 1.165) is 27.2 Å². The SMILES string of the molecule is O=C(CSc1nc(-c2ccccc2)n(-c2ccccc2)n1)Nc1ccccc1Br. The molecular weight excluding hydrogens is 448 g/mol. The first kappa shape index (κ1) is 19.4. The molecule has 1 N–H and O–H groups in total. The number of nitrogens with zero attached hydrogens (tertiary/aromatic N) is 3. The van der Waals surface area contributed by atoms with Gasteiger partial charge in [0.2, 0.25) is 11.1 Å². The van der Waals surface area contributed by atoms with Crippen LogP contribution in [-0.2, 0) is 4.79 Å². The van der Waals surface area contributed by atoms with Crippen LogP contribution >= 0.6 is 27.7 Å². The molecule has 0 aliphatic rings. The number of para-hydroxylation sites is 2. The van der Waals surface area contributed by atoms with Crippen LogP contribution in [0.25, 0.3) is 17.1 Å². The van der Waals surface area contributed by atoms with Crippen molar-refractivity contribution in [2.45, 2.75) is 5.16 Å². The Hall–Kier alpha value is -2.90. The van der Waals surface area contributed by atoms with Gasteiger partial charge < -0.3 is 5.32 Å². The lowest BCUT2D eigenvalue weighted by Gasteiger charge is -2.05. The molecule has 3 aromatic carbocycles. The molecule has 0 bridgehead atoms. The van der Waals surface area contributed by atoms with E-state index in [2.05, 4.69) is 31.3 Å². The first-order chi connectivity index (χ1) is 14.2. The van der Waals surface area contributed by atoms with Crippen LogP contribution in [0.15, 0.2) is 94.6 Å². The molecule has 1 aromatic heterocycles. The van der Waals surface area contributed by atoms with E-state index >= 15 is 0 Å². The minimum absolute atomic E-state index is 0.112. The Labute approximate surface area is 181 Å². The molecule has 0 spiro atoms. The van der Waals surface area contributed by atoms with Crippen molar-refractivity contribution < 1.29 is 4.79 Å². The van der Waals surface area contributed by atoms with E-state index in [9.17, 15) is 4.79 Å². The van der Waals surface area contributed by atoms with E-state index in [-0.39, 0.29) is 11.7 Å². The Morgan fingerprint density at radius 3 is 2.31 bits per heavy atom. The zero-order valence-electron chi connectivity index (χ0n) is 15.3. The summed E-state index contributed by atoms with van der Waals surface area (Å²) in [5.74, 6) is 0.846. The summed E-state index contributed by atoms with van der Waals surface area (Å²) < 4.78 is 2.65. The monoisotopic (exact) mass is 464 g/mol. The molecule has 7 heteroatoms. The average Bonchev–Trinajstić information content (AvgIpc) is 3.20. The molecule has 1 amide bonds. The third-order valence-corrected chi connectivity index (χ3v) is 5.63. The Kier molecular flexibility index (Phi) is 6.07. The minimum atomic E-state index is -0.112. The molecule has 5 nitrogen and oxygen atoms in total. The molecule has 4 rings (SSSR count). The summed E-state index contributed by atoms with van der Waals surface area (Å²) in [5.41, 5.74) is 2.63. The second-order valence-corrected chi connectivity index (χ2v) is 7.94. The minimum Gasteiger partial charge on any atom is -0.324 e. The highest BCUT2D eigenvalue weighted by Crippen LogP contribution is 2.25. The highest BCUT2D eigenvalue weighted by atomic mass is 79.9. The van der Waals surface area contributed by atoms with Crippen LogP contribution in [0.1, 0.15) is 0 Å². The number of hydrogen-bond donors (Lipinski definition) is 1. The van der Waals surface area contributed by atoms with E-state index in [1.807, 2.05) is 89.6 Å². The quantitative estimate of drug-likeness (QED) is 0.386.